The molecule has 0 atom stereocenters. The molecule has 0 fully saturated rings. The van der Waals surface area contributed by atoms with E-state index in [9.17, 15) is 9.59 Å². The van der Waals surface area contributed by atoms with E-state index in [1.807, 2.05) is 0 Å². The smallest absolute Gasteiger partial charge is 0.337 e. The standard InChI is InChI=1S/C21H16N4O3/c1-28-21(27)15-4-9-18(10-5-15)25-20(26)16-6-11-19(23-13-16)24-17-7-2-14(12-22)3-8-17/h2-11,13H,1H3,(H,23,24)(H,25,26). The number of carbonyl (C=O) groups is 2. The van der Waals surface area contributed by atoms with E-state index in [2.05, 4.69) is 26.4 Å². The Bertz CT molecular complexity index is 1020. The number of hydrogen-bond donors (Lipinski definition) is 2. The zero-order valence-corrected chi connectivity index (χ0v) is 15.0. The summed E-state index contributed by atoms with van der Waals surface area (Å²) >= 11 is 0. The van der Waals surface area contributed by atoms with Gasteiger partial charge in [0.25, 0.3) is 5.91 Å². The summed E-state index contributed by atoms with van der Waals surface area (Å²) in [5.74, 6) is -0.181. The summed E-state index contributed by atoms with van der Waals surface area (Å²) in [6.07, 6.45) is 1.46. The van der Waals surface area contributed by atoms with Gasteiger partial charge >= 0.3 is 5.97 Å². The molecule has 0 saturated carbocycles. The molecule has 28 heavy (non-hydrogen) atoms. The number of benzene rings is 2. The van der Waals surface area contributed by atoms with Gasteiger partial charge in [-0.25, -0.2) is 9.78 Å². The number of nitrogens with zero attached hydrogens (tertiary/aromatic N) is 2. The molecular formula is C21H16N4O3. The van der Waals surface area contributed by atoms with Gasteiger partial charge in [-0.1, -0.05) is 0 Å². The largest absolute Gasteiger partial charge is 0.465 e. The van der Waals surface area contributed by atoms with Gasteiger partial charge in [0, 0.05) is 17.6 Å². The van der Waals surface area contributed by atoms with Gasteiger partial charge in [0.2, 0.25) is 0 Å². The van der Waals surface area contributed by atoms with Crippen LogP contribution in [0.15, 0.2) is 66.9 Å². The molecule has 0 aliphatic rings. The number of carbonyl (C=O) groups excluding carboxylic acids is 2. The van der Waals surface area contributed by atoms with Crippen LogP contribution >= 0.6 is 0 Å². The summed E-state index contributed by atoms with van der Waals surface area (Å²) in [7, 11) is 1.31. The van der Waals surface area contributed by atoms with Gasteiger partial charge in [-0.2, -0.15) is 5.26 Å². The Balaban J connectivity index is 1.63. The topological polar surface area (TPSA) is 104 Å². The van der Waals surface area contributed by atoms with E-state index in [1.54, 1.807) is 60.7 Å². The summed E-state index contributed by atoms with van der Waals surface area (Å²) in [6.45, 7) is 0. The van der Waals surface area contributed by atoms with E-state index >= 15 is 0 Å². The number of ether oxygens (including phenoxy) is 1. The fourth-order valence-corrected chi connectivity index (χ4v) is 2.39. The maximum atomic E-state index is 12.3. The highest BCUT2D eigenvalue weighted by Crippen LogP contribution is 2.16. The van der Waals surface area contributed by atoms with Crippen LogP contribution in [0.4, 0.5) is 17.2 Å². The number of aromatic nitrogens is 1. The number of hydrogen-bond acceptors (Lipinski definition) is 6. The van der Waals surface area contributed by atoms with Crippen LogP contribution in [0.3, 0.4) is 0 Å². The Hall–Kier alpha value is -4.18. The lowest BCUT2D eigenvalue weighted by atomic mass is 10.2. The van der Waals surface area contributed by atoms with Crippen LogP contribution in [-0.2, 0) is 4.74 Å². The van der Waals surface area contributed by atoms with E-state index in [4.69, 9.17) is 5.26 Å². The molecule has 3 aromatic rings. The molecule has 7 heteroatoms. The van der Waals surface area contributed by atoms with Crippen molar-refractivity contribution in [1.82, 2.24) is 4.98 Å². The van der Waals surface area contributed by atoms with Gasteiger partial charge in [-0.15, -0.1) is 0 Å². The molecule has 1 amide bonds. The first-order chi connectivity index (χ1) is 13.6. The summed E-state index contributed by atoms with van der Waals surface area (Å²) < 4.78 is 4.64. The number of esters is 1. The summed E-state index contributed by atoms with van der Waals surface area (Å²) in [5.41, 5.74) is 2.71. The van der Waals surface area contributed by atoms with Crippen LogP contribution in [0.2, 0.25) is 0 Å². The van der Waals surface area contributed by atoms with Crippen LogP contribution in [0.1, 0.15) is 26.3 Å². The number of rotatable bonds is 5. The lowest BCUT2D eigenvalue weighted by Crippen LogP contribution is -2.12. The molecule has 3 rings (SSSR count). The third-order valence-electron chi connectivity index (χ3n) is 3.88. The van der Waals surface area contributed by atoms with Gasteiger partial charge in [0.1, 0.15) is 5.82 Å². The van der Waals surface area contributed by atoms with Crippen molar-refractivity contribution in [1.29, 1.82) is 5.26 Å². The maximum absolute atomic E-state index is 12.3. The quantitative estimate of drug-likeness (QED) is 0.661. The molecule has 0 spiro atoms. The van der Waals surface area contributed by atoms with Crippen molar-refractivity contribution in [2.75, 3.05) is 17.7 Å². The van der Waals surface area contributed by atoms with Crippen LogP contribution in [0.25, 0.3) is 0 Å². The fourth-order valence-electron chi connectivity index (χ4n) is 2.39. The average molecular weight is 372 g/mol. The van der Waals surface area contributed by atoms with Gasteiger partial charge in [0.05, 0.1) is 29.9 Å². The van der Waals surface area contributed by atoms with E-state index in [0.717, 1.165) is 5.69 Å². The molecule has 0 bridgehead atoms. The number of nitriles is 1. The van der Waals surface area contributed by atoms with Gasteiger partial charge in [0.15, 0.2) is 0 Å². The molecule has 0 radical (unpaired) electrons. The lowest BCUT2D eigenvalue weighted by Gasteiger charge is -2.08. The first-order valence-electron chi connectivity index (χ1n) is 8.32. The minimum Gasteiger partial charge on any atom is -0.465 e. The highest BCUT2D eigenvalue weighted by atomic mass is 16.5. The molecule has 2 aromatic carbocycles. The van der Waals surface area contributed by atoms with Crippen molar-refractivity contribution in [2.45, 2.75) is 0 Å². The highest BCUT2D eigenvalue weighted by Gasteiger charge is 2.09. The average Bonchev–Trinajstić information content (AvgIpc) is 2.74. The Morgan fingerprint density at radius 1 is 0.929 bits per heavy atom. The SMILES string of the molecule is COC(=O)c1ccc(NC(=O)c2ccc(Nc3ccc(C#N)cc3)nc2)cc1. The number of amides is 1. The number of anilines is 3. The van der Waals surface area contributed by atoms with E-state index in [0.29, 0.717) is 28.2 Å². The van der Waals surface area contributed by atoms with Gasteiger partial charge < -0.3 is 15.4 Å². The van der Waals surface area contributed by atoms with Crippen molar-refractivity contribution >= 4 is 29.1 Å². The predicted molar refractivity (Wildman–Crippen MR) is 104 cm³/mol. The Morgan fingerprint density at radius 3 is 2.14 bits per heavy atom. The second-order valence-corrected chi connectivity index (χ2v) is 5.77. The molecule has 0 saturated heterocycles. The highest BCUT2D eigenvalue weighted by molar-refractivity contribution is 6.04. The molecule has 0 aliphatic carbocycles. The van der Waals surface area contributed by atoms with Crippen molar-refractivity contribution in [3.63, 3.8) is 0 Å². The summed E-state index contributed by atoms with van der Waals surface area (Å²) in [5, 5.41) is 14.7. The summed E-state index contributed by atoms with van der Waals surface area (Å²) in [6, 6.07) is 18.8. The van der Waals surface area contributed by atoms with Crippen molar-refractivity contribution in [3.05, 3.63) is 83.6 Å². The number of nitrogens with one attached hydrogen (secondary N) is 2. The van der Waals surface area contributed by atoms with E-state index in [1.165, 1.54) is 13.3 Å². The Morgan fingerprint density at radius 2 is 1.57 bits per heavy atom. The second kappa shape index (κ2) is 8.47. The second-order valence-electron chi connectivity index (χ2n) is 5.77. The lowest BCUT2D eigenvalue weighted by molar-refractivity contribution is 0.0600. The molecular weight excluding hydrogens is 356 g/mol. The van der Waals surface area contributed by atoms with Crippen LogP contribution < -0.4 is 10.6 Å². The van der Waals surface area contributed by atoms with Crippen LogP contribution in [0, 0.1) is 11.3 Å². The Kier molecular flexibility index (Phi) is 5.63. The molecule has 0 unspecified atom stereocenters. The molecule has 1 aromatic heterocycles. The minimum atomic E-state index is -0.438. The number of methoxy groups -OCH3 is 1. The zero-order valence-electron chi connectivity index (χ0n) is 15.0. The van der Waals surface area contributed by atoms with Crippen molar-refractivity contribution in [3.8, 4) is 6.07 Å². The van der Waals surface area contributed by atoms with Crippen LogP contribution in [-0.4, -0.2) is 24.0 Å². The molecule has 138 valence electrons. The third-order valence-corrected chi connectivity index (χ3v) is 3.88. The molecule has 0 aliphatic heterocycles. The predicted octanol–water partition coefficient (Wildman–Crippen LogP) is 3.74. The van der Waals surface area contributed by atoms with Gasteiger partial charge in [-0.3, -0.25) is 4.79 Å². The molecule has 7 nitrogen and oxygen atoms in total. The van der Waals surface area contributed by atoms with Gasteiger partial charge in [-0.05, 0) is 60.7 Å². The molecule has 2 N–H and O–H groups in total. The first kappa shape index (κ1) is 18.6. The normalized spacial score (nSPS) is 9.86. The van der Waals surface area contributed by atoms with Crippen molar-refractivity contribution < 1.29 is 14.3 Å². The van der Waals surface area contributed by atoms with E-state index < -0.39 is 5.97 Å². The van der Waals surface area contributed by atoms with Crippen LogP contribution in [0.5, 0.6) is 0 Å². The summed E-state index contributed by atoms with van der Waals surface area (Å²) in [4.78, 5) is 28.0. The fraction of sp³-hybridized carbons (Fsp3) is 0.0476. The number of pyridine rings is 1. The zero-order chi connectivity index (χ0) is 19.9. The first-order valence-corrected chi connectivity index (χ1v) is 8.32. The monoisotopic (exact) mass is 372 g/mol. The third kappa shape index (κ3) is 4.51. The Labute approximate surface area is 161 Å². The van der Waals surface area contributed by atoms with E-state index in [-0.39, 0.29) is 5.91 Å². The minimum absolute atomic E-state index is 0.316. The van der Waals surface area contributed by atoms with Crippen molar-refractivity contribution in [2.24, 2.45) is 0 Å². The maximum Gasteiger partial charge on any atom is 0.337 e. The molecule has 1 heterocycles.